The van der Waals surface area contributed by atoms with E-state index in [1.165, 1.54) is 0 Å². The highest BCUT2D eigenvalue weighted by Crippen LogP contribution is 2.32. The van der Waals surface area contributed by atoms with Crippen LogP contribution in [0.4, 0.5) is 0 Å². The van der Waals surface area contributed by atoms with E-state index in [9.17, 15) is 0 Å². The summed E-state index contributed by atoms with van der Waals surface area (Å²) in [6.45, 7) is 4.25. The first kappa shape index (κ1) is 19.2. The Bertz CT molecular complexity index is 701. The molecule has 1 aliphatic rings. The molecule has 1 aliphatic heterocycles. The van der Waals surface area contributed by atoms with Gasteiger partial charge in [-0.3, -0.25) is 5.10 Å². The SMILES string of the molecule is CNCCN(C)Cc1cn[nH]c1-c1ccc(OC2CCOCC2)c(Cl)c1. The third-order valence-electron chi connectivity index (χ3n) is 4.58. The number of hydrogen-bond donors (Lipinski definition) is 2. The lowest BCUT2D eigenvalue weighted by atomic mass is 10.1. The fourth-order valence-corrected chi connectivity index (χ4v) is 3.30. The van der Waals surface area contributed by atoms with Crippen LogP contribution in [0.2, 0.25) is 5.02 Å². The van der Waals surface area contributed by atoms with Gasteiger partial charge in [0.05, 0.1) is 30.1 Å². The van der Waals surface area contributed by atoms with Crippen molar-refractivity contribution in [1.82, 2.24) is 20.4 Å². The van der Waals surface area contributed by atoms with Crippen LogP contribution >= 0.6 is 11.6 Å². The number of halogens is 1. The normalized spacial score (nSPS) is 15.5. The molecule has 0 spiro atoms. The molecule has 0 bridgehead atoms. The van der Waals surface area contributed by atoms with E-state index in [2.05, 4.69) is 27.5 Å². The molecule has 1 saturated heterocycles. The van der Waals surface area contributed by atoms with Crippen molar-refractivity contribution in [1.29, 1.82) is 0 Å². The van der Waals surface area contributed by atoms with Crippen LogP contribution < -0.4 is 10.1 Å². The minimum absolute atomic E-state index is 0.177. The molecular weight excluding hydrogens is 352 g/mol. The molecule has 2 aromatic rings. The summed E-state index contributed by atoms with van der Waals surface area (Å²) in [5.74, 6) is 0.731. The van der Waals surface area contributed by atoms with Crippen LogP contribution in [-0.2, 0) is 11.3 Å². The van der Waals surface area contributed by atoms with Gasteiger partial charge in [-0.05, 0) is 32.3 Å². The quantitative estimate of drug-likeness (QED) is 0.739. The van der Waals surface area contributed by atoms with E-state index in [-0.39, 0.29) is 6.10 Å². The summed E-state index contributed by atoms with van der Waals surface area (Å²) in [6.07, 6.45) is 3.87. The average molecular weight is 379 g/mol. The van der Waals surface area contributed by atoms with Gasteiger partial charge in [0, 0.05) is 43.6 Å². The zero-order valence-electron chi connectivity index (χ0n) is 15.4. The molecule has 2 heterocycles. The summed E-state index contributed by atoms with van der Waals surface area (Å²) in [5, 5.41) is 11.1. The van der Waals surface area contributed by atoms with Crippen molar-refractivity contribution in [3.05, 3.63) is 35.0 Å². The molecule has 0 unspecified atom stereocenters. The third-order valence-corrected chi connectivity index (χ3v) is 4.88. The molecule has 1 fully saturated rings. The molecule has 7 heteroatoms. The van der Waals surface area contributed by atoms with E-state index in [1.807, 2.05) is 31.4 Å². The van der Waals surface area contributed by atoms with Crippen molar-refractivity contribution in [2.45, 2.75) is 25.5 Å². The van der Waals surface area contributed by atoms with Crippen molar-refractivity contribution < 1.29 is 9.47 Å². The lowest BCUT2D eigenvalue weighted by molar-refractivity contribution is 0.0256. The summed E-state index contributed by atoms with van der Waals surface area (Å²) in [6, 6.07) is 5.93. The van der Waals surface area contributed by atoms with Gasteiger partial charge in [-0.2, -0.15) is 5.10 Å². The molecule has 0 aliphatic carbocycles. The van der Waals surface area contributed by atoms with E-state index in [0.717, 1.165) is 68.3 Å². The standard InChI is InChI=1S/C19H27ClN4O2/c1-21-7-8-24(2)13-15-12-22-23-19(15)14-3-4-18(17(20)11-14)26-16-5-9-25-10-6-16/h3-4,11-12,16,21H,5-10,13H2,1-2H3,(H,22,23). The predicted molar refractivity (Wildman–Crippen MR) is 104 cm³/mol. The largest absolute Gasteiger partial charge is 0.489 e. The Labute approximate surface area is 159 Å². The molecule has 0 saturated carbocycles. The summed E-state index contributed by atoms with van der Waals surface area (Å²) in [5.41, 5.74) is 3.17. The zero-order valence-corrected chi connectivity index (χ0v) is 16.2. The number of nitrogens with one attached hydrogen (secondary N) is 2. The van der Waals surface area contributed by atoms with Crippen LogP contribution in [0.25, 0.3) is 11.3 Å². The molecule has 6 nitrogen and oxygen atoms in total. The van der Waals surface area contributed by atoms with Crippen LogP contribution in [-0.4, -0.2) is 61.6 Å². The number of benzene rings is 1. The summed E-state index contributed by atoms with van der Waals surface area (Å²) < 4.78 is 11.4. The lowest BCUT2D eigenvalue weighted by Crippen LogP contribution is -2.27. The Kier molecular flexibility index (Phi) is 6.91. The van der Waals surface area contributed by atoms with E-state index < -0.39 is 0 Å². The van der Waals surface area contributed by atoms with Gasteiger partial charge < -0.3 is 19.7 Å². The van der Waals surface area contributed by atoms with Gasteiger partial charge in [0.2, 0.25) is 0 Å². The second-order valence-electron chi connectivity index (χ2n) is 6.69. The topological polar surface area (TPSA) is 62.4 Å². The molecule has 3 rings (SSSR count). The fraction of sp³-hybridized carbons (Fsp3) is 0.526. The molecule has 1 aromatic heterocycles. The predicted octanol–water partition coefficient (Wildman–Crippen LogP) is 2.94. The number of nitrogens with zero attached hydrogens (tertiary/aromatic N) is 2. The second kappa shape index (κ2) is 9.37. The minimum atomic E-state index is 0.177. The van der Waals surface area contributed by atoms with E-state index in [1.54, 1.807) is 0 Å². The first-order valence-corrected chi connectivity index (χ1v) is 9.45. The molecule has 142 valence electrons. The Morgan fingerprint density at radius 3 is 2.92 bits per heavy atom. The van der Waals surface area contributed by atoms with E-state index in [0.29, 0.717) is 5.02 Å². The number of rotatable bonds is 8. The number of H-pyrrole nitrogens is 1. The Morgan fingerprint density at radius 1 is 1.38 bits per heavy atom. The Hall–Kier alpha value is -1.60. The van der Waals surface area contributed by atoms with E-state index >= 15 is 0 Å². The summed E-state index contributed by atoms with van der Waals surface area (Å²) in [4.78, 5) is 2.26. The van der Waals surface area contributed by atoms with Gasteiger partial charge in [-0.15, -0.1) is 0 Å². The number of ether oxygens (including phenoxy) is 2. The minimum Gasteiger partial charge on any atom is -0.489 e. The molecule has 0 radical (unpaired) electrons. The van der Waals surface area contributed by atoms with Crippen LogP contribution in [0, 0.1) is 0 Å². The Balaban J connectivity index is 1.70. The lowest BCUT2D eigenvalue weighted by Gasteiger charge is -2.24. The van der Waals surface area contributed by atoms with Crippen LogP contribution in [0.3, 0.4) is 0 Å². The second-order valence-corrected chi connectivity index (χ2v) is 7.09. The number of aromatic amines is 1. The number of hydrogen-bond acceptors (Lipinski definition) is 5. The summed E-state index contributed by atoms with van der Waals surface area (Å²) in [7, 11) is 4.06. The first-order valence-electron chi connectivity index (χ1n) is 9.07. The fourth-order valence-electron chi connectivity index (χ4n) is 3.08. The van der Waals surface area contributed by atoms with Crippen LogP contribution in [0.15, 0.2) is 24.4 Å². The average Bonchev–Trinajstić information content (AvgIpc) is 3.10. The zero-order chi connectivity index (χ0) is 18.4. The molecular formula is C19H27ClN4O2. The molecule has 26 heavy (non-hydrogen) atoms. The van der Waals surface area contributed by atoms with Crippen LogP contribution in [0.1, 0.15) is 18.4 Å². The van der Waals surface area contributed by atoms with Crippen molar-refractivity contribution in [2.24, 2.45) is 0 Å². The van der Waals surface area contributed by atoms with Crippen molar-refractivity contribution in [3.8, 4) is 17.0 Å². The molecule has 0 atom stereocenters. The maximum atomic E-state index is 6.48. The first-order chi connectivity index (χ1) is 12.7. The van der Waals surface area contributed by atoms with Crippen molar-refractivity contribution in [3.63, 3.8) is 0 Å². The number of aromatic nitrogens is 2. The monoisotopic (exact) mass is 378 g/mol. The van der Waals surface area contributed by atoms with Gasteiger partial charge in [-0.25, -0.2) is 0 Å². The van der Waals surface area contributed by atoms with Crippen molar-refractivity contribution >= 4 is 11.6 Å². The smallest absolute Gasteiger partial charge is 0.138 e. The number of likely N-dealkylation sites (N-methyl/N-ethyl adjacent to an activating group) is 2. The van der Waals surface area contributed by atoms with Gasteiger partial charge in [0.25, 0.3) is 0 Å². The maximum Gasteiger partial charge on any atom is 0.138 e. The maximum absolute atomic E-state index is 6.48. The third kappa shape index (κ3) is 4.98. The van der Waals surface area contributed by atoms with Gasteiger partial charge >= 0.3 is 0 Å². The van der Waals surface area contributed by atoms with Gasteiger partial charge in [0.1, 0.15) is 11.9 Å². The Morgan fingerprint density at radius 2 is 2.19 bits per heavy atom. The highest BCUT2D eigenvalue weighted by atomic mass is 35.5. The molecule has 2 N–H and O–H groups in total. The highest BCUT2D eigenvalue weighted by Gasteiger charge is 2.17. The van der Waals surface area contributed by atoms with Gasteiger partial charge in [0.15, 0.2) is 0 Å². The van der Waals surface area contributed by atoms with Gasteiger partial charge in [-0.1, -0.05) is 11.6 Å². The van der Waals surface area contributed by atoms with Crippen LogP contribution in [0.5, 0.6) is 5.75 Å². The van der Waals surface area contributed by atoms with Crippen molar-refractivity contribution in [2.75, 3.05) is 40.4 Å². The summed E-state index contributed by atoms with van der Waals surface area (Å²) >= 11 is 6.48. The molecule has 0 amide bonds. The highest BCUT2D eigenvalue weighted by molar-refractivity contribution is 6.32. The van der Waals surface area contributed by atoms with E-state index in [4.69, 9.17) is 21.1 Å². The molecule has 1 aromatic carbocycles.